The van der Waals surface area contributed by atoms with Gasteiger partial charge in [-0.25, -0.2) is 4.98 Å². The molecule has 1 aliphatic heterocycles. The quantitative estimate of drug-likeness (QED) is 0.225. The second kappa shape index (κ2) is 11.2. The van der Waals surface area contributed by atoms with Crippen LogP contribution in [0.2, 0.25) is 0 Å². The average molecular weight is 534 g/mol. The number of rotatable bonds is 8. The first-order valence-corrected chi connectivity index (χ1v) is 14.3. The second-order valence-corrected chi connectivity index (χ2v) is 12.1. The van der Waals surface area contributed by atoms with Gasteiger partial charge in [-0.05, 0) is 42.5 Å². The first-order chi connectivity index (χ1) is 17.9. The Labute approximate surface area is 225 Å². The Kier molecular flexibility index (Phi) is 7.79. The number of amides is 1. The smallest absolute Gasteiger partial charge is 0.263 e. The number of aromatic nitrogens is 2. The molecule has 0 fully saturated rings. The summed E-state index contributed by atoms with van der Waals surface area (Å²) in [6.07, 6.45) is 1.53. The van der Waals surface area contributed by atoms with E-state index in [0.29, 0.717) is 36.0 Å². The van der Waals surface area contributed by atoms with Crippen LogP contribution in [0.1, 0.15) is 36.8 Å². The van der Waals surface area contributed by atoms with Gasteiger partial charge in [0.2, 0.25) is 5.91 Å². The van der Waals surface area contributed by atoms with Gasteiger partial charge in [-0.3, -0.25) is 14.2 Å². The van der Waals surface area contributed by atoms with Crippen molar-refractivity contribution in [1.29, 1.82) is 0 Å². The molecule has 0 saturated carbocycles. The molecule has 1 N–H and O–H groups in total. The van der Waals surface area contributed by atoms with Gasteiger partial charge >= 0.3 is 0 Å². The van der Waals surface area contributed by atoms with Crippen molar-refractivity contribution in [3.63, 3.8) is 0 Å². The van der Waals surface area contributed by atoms with Crippen LogP contribution in [-0.4, -0.2) is 26.8 Å². The molecule has 8 heteroatoms. The predicted molar refractivity (Wildman–Crippen MR) is 152 cm³/mol. The van der Waals surface area contributed by atoms with E-state index in [0.717, 1.165) is 32.9 Å². The maximum Gasteiger partial charge on any atom is 0.263 e. The molecule has 2 aromatic heterocycles. The molecule has 0 radical (unpaired) electrons. The van der Waals surface area contributed by atoms with Crippen molar-refractivity contribution in [3.8, 4) is 0 Å². The predicted octanol–water partition coefficient (Wildman–Crippen LogP) is 5.92. The molecule has 5 rings (SSSR count). The SMILES string of the molecule is CC(Sc1nc2sc3c(c2c(=O)n1CCc1ccccc1)CC(C(C)C)OC3)C(=O)Nc1ccccc1. The number of nitrogens with one attached hydrogen (secondary N) is 1. The summed E-state index contributed by atoms with van der Waals surface area (Å²) >= 11 is 2.87. The van der Waals surface area contributed by atoms with Crippen molar-refractivity contribution >= 4 is 44.9 Å². The average Bonchev–Trinajstić information content (AvgIpc) is 3.27. The number of fused-ring (bicyclic) bond motifs is 3. The zero-order chi connectivity index (χ0) is 25.9. The van der Waals surface area contributed by atoms with Gasteiger partial charge in [-0.15, -0.1) is 11.3 Å². The van der Waals surface area contributed by atoms with E-state index >= 15 is 0 Å². The molecule has 2 atom stereocenters. The Hall–Kier alpha value is -2.94. The molecule has 0 saturated heterocycles. The van der Waals surface area contributed by atoms with Crippen LogP contribution in [-0.2, 0) is 35.5 Å². The number of aryl methyl sites for hydroxylation is 1. The van der Waals surface area contributed by atoms with Crippen molar-refractivity contribution in [3.05, 3.63) is 87.0 Å². The minimum Gasteiger partial charge on any atom is -0.372 e. The van der Waals surface area contributed by atoms with Gasteiger partial charge in [0.1, 0.15) is 4.83 Å². The number of nitrogens with zero attached hydrogens (tertiary/aromatic N) is 2. The summed E-state index contributed by atoms with van der Waals surface area (Å²) in [5.74, 6) is 0.244. The zero-order valence-electron chi connectivity index (χ0n) is 21.3. The highest BCUT2D eigenvalue weighted by Crippen LogP contribution is 2.36. The summed E-state index contributed by atoms with van der Waals surface area (Å²) in [6, 6.07) is 19.5. The van der Waals surface area contributed by atoms with E-state index in [4.69, 9.17) is 9.72 Å². The third kappa shape index (κ3) is 5.66. The monoisotopic (exact) mass is 533 g/mol. The number of hydrogen-bond donors (Lipinski definition) is 1. The summed E-state index contributed by atoms with van der Waals surface area (Å²) < 4.78 is 7.83. The van der Waals surface area contributed by atoms with Crippen LogP contribution in [0.3, 0.4) is 0 Å². The van der Waals surface area contributed by atoms with Gasteiger partial charge in [0.05, 0.1) is 23.3 Å². The third-order valence-electron chi connectivity index (χ3n) is 6.70. The maximum atomic E-state index is 14.0. The van der Waals surface area contributed by atoms with E-state index in [-0.39, 0.29) is 17.6 Å². The Morgan fingerprint density at radius 3 is 2.54 bits per heavy atom. The standard InChI is InChI=1S/C29H31N3O3S2/c1-18(2)23-16-22-24(17-35-23)37-27-25(22)28(34)32(15-14-20-10-6-4-7-11-20)29(31-27)36-19(3)26(33)30-21-12-8-5-9-13-21/h4-13,18-19,23H,14-17H2,1-3H3,(H,30,33). The molecule has 4 aromatic rings. The summed E-state index contributed by atoms with van der Waals surface area (Å²) in [6.45, 7) is 7.16. The number of thiophene rings is 1. The van der Waals surface area contributed by atoms with Crippen LogP contribution in [0, 0.1) is 5.92 Å². The van der Waals surface area contributed by atoms with Gasteiger partial charge in [-0.1, -0.05) is 74.1 Å². The van der Waals surface area contributed by atoms with Crippen LogP contribution in [0.15, 0.2) is 70.6 Å². The van der Waals surface area contributed by atoms with E-state index < -0.39 is 5.25 Å². The minimum atomic E-state index is -0.434. The molecule has 2 unspecified atom stereocenters. The molecule has 1 aliphatic rings. The van der Waals surface area contributed by atoms with Gasteiger partial charge in [0, 0.05) is 23.5 Å². The van der Waals surface area contributed by atoms with E-state index in [9.17, 15) is 9.59 Å². The molecule has 0 bridgehead atoms. The van der Waals surface area contributed by atoms with Crippen LogP contribution in [0.5, 0.6) is 0 Å². The lowest BCUT2D eigenvalue weighted by Crippen LogP contribution is -2.29. The zero-order valence-corrected chi connectivity index (χ0v) is 22.9. The molecule has 3 heterocycles. The molecular formula is C29H31N3O3S2. The Morgan fingerprint density at radius 1 is 1.14 bits per heavy atom. The van der Waals surface area contributed by atoms with E-state index in [1.54, 1.807) is 4.57 Å². The van der Waals surface area contributed by atoms with Gasteiger partial charge < -0.3 is 10.1 Å². The van der Waals surface area contributed by atoms with Gasteiger partial charge in [-0.2, -0.15) is 0 Å². The lowest BCUT2D eigenvalue weighted by atomic mass is 9.96. The Morgan fingerprint density at radius 2 is 1.84 bits per heavy atom. The lowest BCUT2D eigenvalue weighted by molar-refractivity contribution is -0.115. The van der Waals surface area contributed by atoms with Crippen LogP contribution in [0.25, 0.3) is 10.2 Å². The fraction of sp³-hybridized carbons (Fsp3) is 0.345. The number of anilines is 1. The molecular weight excluding hydrogens is 502 g/mol. The van der Waals surface area contributed by atoms with Crippen molar-refractivity contribution in [2.45, 2.75) is 63.3 Å². The van der Waals surface area contributed by atoms with Crippen LogP contribution >= 0.6 is 23.1 Å². The maximum absolute atomic E-state index is 14.0. The first kappa shape index (κ1) is 25.7. The van der Waals surface area contributed by atoms with Gasteiger partial charge in [0.15, 0.2) is 5.16 Å². The highest BCUT2D eigenvalue weighted by molar-refractivity contribution is 8.00. The summed E-state index contributed by atoms with van der Waals surface area (Å²) in [4.78, 5) is 33.7. The van der Waals surface area contributed by atoms with E-state index in [1.165, 1.54) is 23.1 Å². The highest BCUT2D eigenvalue weighted by Gasteiger charge is 2.29. The molecule has 0 aliphatic carbocycles. The molecule has 37 heavy (non-hydrogen) atoms. The Balaban J connectivity index is 1.50. The second-order valence-electron chi connectivity index (χ2n) is 9.68. The van der Waals surface area contributed by atoms with Crippen molar-refractivity contribution in [1.82, 2.24) is 9.55 Å². The van der Waals surface area contributed by atoms with Crippen molar-refractivity contribution in [2.24, 2.45) is 5.92 Å². The lowest BCUT2D eigenvalue weighted by Gasteiger charge is -2.26. The minimum absolute atomic E-state index is 0.0268. The van der Waals surface area contributed by atoms with Crippen molar-refractivity contribution < 1.29 is 9.53 Å². The number of para-hydroxylation sites is 1. The normalized spacial score (nSPS) is 16.1. The number of carbonyl (C=O) groups is 1. The largest absolute Gasteiger partial charge is 0.372 e. The molecule has 2 aromatic carbocycles. The van der Waals surface area contributed by atoms with E-state index in [1.807, 2.05) is 55.5 Å². The number of carbonyl (C=O) groups excluding carboxylic acids is 1. The molecule has 6 nitrogen and oxygen atoms in total. The fourth-order valence-electron chi connectivity index (χ4n) is 4.52. The summed E-state index contributed by atoms with van der Waals surface area (Å²) in [7, 11) is 0. The number of thioether (sulfide) groups is 1. The van der Waals surface area contributed by atoms with Crippen molar-refractivity contribution in [2.75, 3.05) is 5.32 Å². The van der Waals surface area contributed by atoms with E-state index in [2.05, 4.69) is 31.3 Å². The molecule has 1 amide bonds. The summed E-state index contributed by atoms with van der Waals surface area (Å²) in [5.41, 5.74) is 2.96. The first-order valence-electron chi connectivity index (χ1n) is 12.6. The topological polar surface area (TPSA) is 73.2 Å². The number of hydrogen-bond acceptors (Lipinski definition) is 6. The molecule has 0 spiro atoms. The highest BCUT2D eigenvalue weighted by atomic mass is 32.2. The van der Waals surface area contributed by atoms with Crippen LogP contribution < -0.4 is 10.9 Å². The molecule has 192 valence electrons. The summed E-state index contributed by atoms with van der Waals surface area (Å²) in [5, 5.41) is 3.81. The number of benzene rings is 2. The van der Waals surface area contributed by atoms with Gasteiger partial charge in [0.25, 0.3) is 5.56 Å². The number of ether oxygens (including phenoxy) is 1. The van der Waals surface area contributed by atoms with Crippen LogP contribution in [0.4, 0.5) is 5.69 Å². The Bertz CT molecular complexity index is 1450. The fourth-order valence-corrected chi connectivity index (χ4v) is 6.62. The third-order valence-corrected chi connectivity index (χ3v) is 8.89.